The molecule has 2 saturated carbocycles. The first-order valence-electron chi connectivity index (χ1n) is 6.57. The molecule has 0 amide bonds. The Bertz CT molecular complexity index is 381. The molecule has 0 aliphatic heterocycles. The molecule has 1 aromatic rings. The molecular formula is C15H21N. The highest BCUT2D eigenvalue weighted by Crippen LogP contribution is 2.44. The van der Waals surface area contributed by atoms with E-state index in [0.717, 1.165) is 17.9 Å². The Labute approximate surface area is 98.3 Å². The largest absolute Gasteiger partial charge is 0.307 e. The van der Waals surface area contributed by atoms with Crippen molar-refractivity contribution in [3.8, 4) is 0 Å². The molecule has 1 N–H and O–H groups in total. The zero-order valence-electron chi connectivity index (χ0n) is 10.2. The minimum atomic E-state index is 0.621. The van der Waals surface area contributed by atoms with Crippen molar-refractivity contribution < 1.29 is 0 Å². The number of aryl methyl sites for hydroxylation is 1. The number of rotatable bonds is 4. The normalized spacial score (nSPS) is 30.1. The minimum Gasteiger partial charge on any atom is -0.307 e. The number of hydrogen-bond donors (Lipinski definition) is 1. The Kier molecular flexibility index (Phi) is 2.51. The van der Waals surface area contributed by atoms with Crippen molar-refractivity contribution in [1.29, 1.82) is 0 Å². The lowest BCUT2D eigenvalue weighted by molar-refractivity contribution is 0.465. The standard InChI is InChI=1S/C15H21N/c1-10-5-3-4-6-13(10)15(12-7-8-12)16-14-9-11(14)2/h3-6,11-12,14-16H,7-9H2,1-2H3. The molecule has 0 spiro atoms. The van der Waals surface area contributed by atoms with Crippen LogP contribution >= 0.6 is 0 Å². The SMILES string of the molecule is Cc1ccccc1C(NC1CC1C)C1CC1. The fourth-order valence-electron chi connectivity index (χ4n) is 2.63. The first-order valence-corrected chi connectivity index (χ1v) is 6.57. The summed E-state index contributed by atoms with van der Waals surface area (Å²) in [5.74, 6) is 1.79. The molecule has 2 aliphatic rings. The Morgan fingerprint density at radius 1 is 1.25 bits per heavy atom. The van der Waals surface area contributed by atoms with Gasteiger partial charge in [0.05, 0.1) is 0 Å². The van der Waals surface area contributed by atoms with E-state index >= 15 is 0 Å². The Hall–Kier alpha value is -0.820. The van der Waals surface area contributed by atoms with Gasteiger partial charge in [-0.05, 0) is 49.1 Å². The van der Waals surface area contributed by atoms with Crippen LogP contribution in [0.5, 0.6) is 0 Å². The second-order valence-electron chi connectivity index (χ2n) is 5.66. The van der Waals surface area contributed by atoms with Crippen molar-refractivity contribution in [2.24, 2.45) is 11.8 Å². The fourth-order valence-corrected chi connectivity index (χ4v) is 2.63. The average Bonchev–Trinajstić information content (AvgIpc) is 3.14. The quantitative estimate of drug-likeness (QED) is 0.811. The Morgan fingerprint density at radius 3 is 2.50 bits per heavy atom. The van der Waals surface area contributed by atoms with Crippen LogP contribution in [0.3, 0.4) is 0 Å². The Morgan fingerprint density at radius 2 is 1.94 bits per heavy atom. The van der Waals surface area contributed by atoms with Gasteiger partial charge in [-0.25, -0.2) is 0 Å². The highest BCUT2D eigenvalue weighted by atomic mass is 15.0. The molecule has 86 valence electrons. The summed E-state index contributed by atoms with van der Waals surface area (Å²) in [4.78, 5) is 0. The van der Waals surface area contributed by atoms with Crippen LogP contribution in [0.1, 0.15) is 43.4 Å². The first kappa shape index (κ1) is 10.3. The maximum Gasteiger partial charge on any atom is 0.0353 e. The summed E-state index contributed by atoms with van der Waals surface area (Å²) in [5.41, 5.74) is 2.98. The molecule has 0 saturated heterocycles. The summed E-state index contributed by atoms with van der Waals surface area (Å²) < 4.78 is 0. The maximum atomic E-state index is 3.86. The molecule has 1 heteroatoms. The van der Waals surface area contributed by atoms with Crippen molar-refractivity contribution in [2.45, 2.75) is 45.2 Å². The van der Waals surface area contributed by atoms with E-state index in [9.17, 15) is 0 Å². The maximum absolute atomic E-state index is 3.86. The zero-order chi connectivity index (χ0) is 11.1. The van der Waals surface area contributed by atoms with Gasteiger partial charge in [0.1, 0.15) is 0 Å². The van der Waals surface area contributed by atoms with Crippen LogP contribution in [-0.4, -0.2) is 6.04 Å². The topological polar surface area (TPSA) is 12.0 Å². The van der Waals surface area contributed by atoms with Crippen molar-refractivity contribution in [2.75, 3.05) is 0 Å². The first-order chi connectivity index (χ1) is 7.75. The molecule has 16 heavy (non-hydrogen) atoms. The van der Waals surface area contributed by atoms with Crippen molar-refractivity contribution in [3.63, 3.8) is 0 Å². The molecule has 2 fully saturated rings. The number of nitrogens with one attached hydrogen (secondary N) is 1. The zero-order valence-corrected chi connectivity index (χ0v) is 10.2. The second kappa shape index (κ2) is 3.89. The third-order valence-electron chi connectivity index (χ3n) is 4.12. The fraction of sp³-hybridized carbons (Fsp3) is 0.600. The lowest BCUT2D eigenvalue weighted by atomic mass is 9.97. The Balaban J connectivity index is 1.79. The van der Waals surface area contributed by atoms with Gasteiger partial charge in [-0.1, -0.05) is 31.2 Å². The molecule has 1 nitrogen and oxygen atoms in total. The van der Waals surface area contributed by atoms with E-state index in [1.54, 1.807) is 0 Å². The summed E-state index contributed by atoms with van der Waals surface area (Å²) in [6.45, 7) is 4.59. The van der Waals surface area contributed by atoms with Crippen LogP contribution in [0, 0.1) is 18.8 Å². The van der Waals surface area contributed by atoms with Gasteiger partial charge in [-0.2, -0.15) is 0 Å². The highest BCUT2D eigenvalue weighted by Gasteiger charge is 2.40. The molecule has 1 aromatic carbocycles. The van der Waals surface area contributed by atoms with Gasteiger partial charge in [0.2, 0.25) is 0 Å². The molecule has 3 rings (SSSR count). The minimum absolute atomic E-state index is 0.621. The van der Waals surface area contributed by atoms with Crippen molar-refractivity contribution in [1.82, 2.24) is 5.32 Å². The third kappa shape index (κ3) is 2.01. The van der Waals surface area contributed by atoms with Gasteiger partial charge in [0, 0.05) is 12.1 Å². The molecule has 3 unspecified atom stereocenters. The van der Waals surface area contributed by atoms with Crippen LogP contribution in [0.25, 0.3) is 0 Å². The van der Waals surface area contributed by atoms with E-state index in [2.05, 4.69) is 43.4 Å². The van der Waals surface area contributed by atoms with Crippen molar-refractivity contribution >= 4 is 0 Å². The molecule has 3 atom stereocenters. The summed E-state index contributed by atoms with van der Waals surface area (Å²) >= 11 is 0. The van der Waals surface area contributed by atoms with Crippen LogP contribution in [0.4, 0.5) is 0 Å². The molecule has 0 heterocycles. The summed E-state index contributed by atoms with van der Waals surface area (Å²) in [5, 5.41) is 3.86. The summed E-state index contributed by atoms with van der Waals surface area (Å²) in [6.07, 6.45) is 4.19. The highest BCUT2D eigenvalue weighted by molar-refractivity contribution is 5.30. The van der Waals surface area contributed by atoms with E-state index in [1.165, 1.54) is 30.4 Å². The smallest absolute Gasteiger partial charge is 0.0353 e. The predicted octanol–water partition coefficient (Wildman–Crippen LogP) is 3.44. The van der Waals surface area contributed by atoms with Crippen LogP contribution < -0.4 is 5.32 Å². The average molecular weight is 215 g/mol. The van der Waals surface area contributed by atoms with Crippen LogP contribution in [-0.2, 0) is 0 Å². The third-order valence-corrected chi connectivity index (χ3v) is 4.12. The summed E-state index contributed by atoms with van der Waals surface area (Å²) in [6, 6.07) is 10.3. The van der Waals surface area contributed by atoms with E-state index < -0.39 is 0 Å². The van der Waals surface area contributed by atoms with Gasteiger partial charge in [-0.15, -0.1) is 0 Å². The van der Waals surface area contributed by atoms with Gasteiger partial charge in [-0.3, -0.25) is 0 Å². The van der Waals surface area contributed by atoms with Crippen LogP contribution in [0.2, 0.25) is 0 Å². The molecule has 0 radical (unpaired) electrons. The van der Waals surface area contributed by atoms with Crippen LogP contribution in [0.15, 0.2) is 24.3 Å². The van der Waals surface area contributed by atoms with Gasteiger partial charge in [0.25, 0.3) is 0 Å². The summed E-state index contributed by atoms with van der Waals surface area (Å²) in [7, 11) is 0. The monoisotopic (exact) mass is 215 g/mol. The van der Waals surface area contributed by atoms with E-state index in [0.29, 0.717) is 6.04 Å². The second-order valence-corrected chi connectivity index (χ2v) is 5.66. The van der Waals surface area contributed by atoms with Gasteiger partial charge in [0.15, 0.2) is 0 Å². The molecular weight excluding hydrogens is 194 g/mol. The number of benzene rings is 1. The van der Waals surface area contributed by atoms with Gasteiger partial charge >= 0.3 is 0 Å². The van der Waals surface area contributed by atoms with Gasteiger partial charge < -0.3 is 5.32 Å². The molecule has 0 bridgehead atoms. The lowest BCUT2D eigenvalue weighted by Crippen LogP contribution is -2.26. The number of hydrogen-bond acceptors (Lipinski definition) is 1. The van der Waals surface area contributed by atoms with E-state index in [1.807, 2.05) is 0 Å². The lowest BCUT2D eigenvalue weighted by Gasteiger charge is -2.20. The van der Waals surface area contributed by atoms with Crippen molar-refractivity contribution in [3.05, 3.63) is 35.4 Å². The molecule has 0 aromatic heterocycles. The predicted molar refractivity (Wildman–Crippen MR) is 67.3 cm³/mol. The van der Waals surface area contributed by atoms with E-state index in [4.69, 9.17) is 0 Å². The van der Waals surface area contributed by atoms with E-state index in [-0.39, 0.29) is 0 Å². The molecule has 2 aliphatic carbocycles.